The van der Waals surface area contributed by atoms with Crippen LogP contribution in [0.1, 0.15) is 24.5 Å². The molecule has 22 heavy (non-hydrogen) atoms. The molecule has 0 spiro atoms. The van der Waals surface area contributed by atoms with Gasteiger partial charge in [-0.05, 0) is 18.6 Å². The number of benzene rings is 1. The van der Waals surface area contributed by atoms with E-state index in [0.29, 0.717) is 5.69 Å². The molecule has 1 aromatic carbocycles. The third kappa shape index (κ3) is 2.60. The minimum absolute atomic E-state index is 0.109. The lowest BCUT2D eigenvalue weighted by Crippen LogP contribution is -2.05. The number of aliphatic hydroxyl groups excluding tert-OH is 1. The number of hydrogen-bond acceptors (Lipinski definition) is 5. The molecular weight excluding hydrogens is 300 g/mol. The number of aryl methyl sites for hydroxylation is 1. The summed E-state index contributed by atoms with van der Waals surface area (Å²) in [6.07, 6.45) is 0.847. The van der Waals surface area contributed by atoms with Gasteiger partial charge in [0.15, 0.2) is 0 Å². The van der Waals surface area contributed by atoms with Gasteiger partial charge < -0.3 is 10.4 Å². The molecule has 2 aromatic heterocycles. The van der Waals surface area contributed by atoms with E-state index in [2.05, 4.69) is 15.4 Å². The lowest BCUT2D eigenvalue weighted by molar-refractivity contribution is -0.114. The molecule has 0 aliphatic rings. The van der Waals surface area contributed by atoms with Crippen LogP contribution in [0.15, 0.2) is 24.3 Å². The maximum absolute atomic E-state index is 11.0. The molecule has 0 aliphatic carbocycles. The highest BCUT2D eigenvalue weighted by molar-refractivity contribution is 7.16. The highest BCUT2D eigenvalue weighted by Gasteiger charge is 2.16. The van der Waals surface area contributed by atoms with Crippen LogP contribution in [0.3, 0.4) is 0 Å². The molecule has 3 rings (SSSR count). The van der Waals surface area contributed by atoms with Crippen LogP contribution in [0.2, 0.25) is 0 Å². The van der Waals surface area contributed by atoms with E-state index in [1.54, 1.807) is 4.52 Å². The van der Waals surface area contributed by atoms with Crippen LogP contribution in [-0.2, 0) is 17.8 Å². The van der Waals surface area contributed by atoms with Gasteiger partial charge in [-0.2, -0.15) is 5.10 Å². The smallest absolute Gasteiger partial charge is 0.221 e. The third-order valence-corrected chi connectivity index (χ3v) is 4.32. The molecule has 7 heteroatoms. The van der Waals surface area contributed by atoms with Crippen LogP contribution in [0.4, 0.5) is 5.69 Å². The Morgan fingerprint density at radius 1 is 1.36 bits per heavy atom. The fourth-order valence-electron chi connectivity index (χ4n) is 2.26. The van der Waals surface area contributed by atoms with Gasteiger partial charge in [0.2, 0.25) is 10.9 Å². The minimum Gasteiger partial charge on any atom is -0.390 e. The van der Waals surface area contributed by atoms with Crippen LogP contribution >= 0.6 is 11.3 Å². The van der Waals surface area contributed by atoms with E-state index in [1.165, 1.54) is 18.3 Å². The van der Waals surface area contributed by atoms with Crippen molar-refractivity contribution in [3.8, 4) is 11.3 Å². The third-order valence-electron chi connectivity index (χ3n) is 3.27. The van der Waals surface area contributed by atoms with Crippen molar-refractivity contribution in [3.05, 3.63) is 35.0 Å². The summed E-state index contributed by atoms with van der Waals surface area (Å²) in [5.74, 6) is -0.109. The largest absolute Gasteiger partial charge is 0.390 e. The average Bonchev–Trinajstić information content (AvgIpc) is 3.04. The Hall–Kier alpha value is -2.25. The molecule has 2 N–H and O–H groups in total. The zero-order valence-electron chi connectivity index (χ0n) is 12.3. The molecular formula is C15H16N4O2S. The number of imidazole rings is 1. The number of hydrogen-bond donors (Lipinski definition) is 2. The van der Waals surface area contributed by atoms with Gasteiger partial charge in [0, 0.05) is 18.2 Å². The van der Waals surface area contributed by atoms with E-state index in [4.69, 9.17) is 0 Å². The van der Waals surface area contributed by atoms with Gasteiger partial charge in [-0.25, -0.2) is 9.50 Å². The summed E-state index contributed by atoms with van der Waals surface area (Å²) in [6.45, 7) is 3.38. The van der Waals surface area contributed by atoms with Gasteiger partial charge in [0.25, 0.3) is 0 Å². The summed E-state index contributed by atoms with van der Waals surface area (Å²) < 4.78 is 1.71. The number of carbonyl (C=O) groups excluding carboxylic acids is 1. The second-order valence-corrected chi connectivity index (χ2v) is 5.91. The molecule has 114 valence electrons. The first kappa shape index (κ1) is 14.7. The summed E-state index contributed by atoms with van der Waals surface area (Å²) in [5.41, 5.74) is 3.01. The second kappa shape index (κ2) is 5.86. The zero-order valence-corrected chi connectivity index (χ0v) is 13.1. The Morgan fingerprint density at radius 3 is 2.68 bits per heavy atom. The number of nitrogens with zero attached hydrogens (tertiary/aromatic N) is 3. The topological polar surface area (TPSA) is 79.5 Å². The summed E-state index contributed by atoms with van der Waals surface area (Å²) in [5, 5.41) is 17.8. The molecule has 0 saturated carbocycles. The molecule has 2 heterocycles. The normalized spacial score (nSPS) is 11.0. The van der Waals surface area contributed by atoms with Crippen LogP contribution in [-0.4, -0.2) is 25.6 Å². The van der Waals surface area contributed by atoms with Crippen LogP contribution < -0.4 is 5.32 Å². The molecule has 0 bridgehead atoms. The van der Waals surface area contributed by atoms with Crippen molar-refractivity contribution in [2.75, 3.05) is 5.32 Å². The standard InChI is InChI=1S/C15H16N4O2S/c1-3-13-18-19-12(8-20)14(17-15(19)22-13)10-4-6-11(7-5-10)16-9(2)21/h4-7,20H,3,8H2,1-2H3,(H,16,21). The van der Waals surface area contributed by atoms with Crippen molar-refractivity contribution < 1.29 is 9.90 Å². The fourth-order valence-corrected chi connectivity index (χ4v) is 3.11. The monoisotopic (exact) mass is 316 g/mol. The predicted octanol–water partition coefficient (Wildman–Crippen LogP) is 2.47. The second-order valence-electron chi connectivity index (χ2n) is 4.87. The number of aliphatic hydroxyl groups is 1. The van der Waals surface area contributed by atoms with E-state index < -0.39 is 0 Å². The summed E-state index contributed by atoms with van der Waals surface area (Å²) in [7, 11) is 0. The maximum atomic E-state index is 11.0. The van der Waals surface area contributed by atoms with Gasteiger partial charge in [0.05, 0.1) is 18.0 Å². The summed E-state index contributed by atoms with van der Waals surface area (Å²) in [4.78, 5) is 16.4. The molecule has 1 amide bonds. The molecule has 0 fully saturated rings. The Kier molecular flexibility index (Phi) is 3.91. The van der Waals surface area contributed by atoms with Crippen molar-refractivity contribution in [1.82, 2.24) is 14.6 Å². The van der Waals surface area contributed by atoms with E-state index in [0.717, 1.165) is 33.3 Å². The van der Waals surface area contributed by atoms with Crippen molar-refractivity contribution in [2.45, 2.75) is 26.9 Å². The summed E-state index contributed by atoms with van der Waals surface area (Å²) in [6, 6.07) is 7.38. The number of nitrogens with one attached hydrogen (secondary N) is 1. The van der Waals surface area contributed by atoms with Gasteiger partial charge >= 0.3 is 0 Å². The Labute approximate surface area is 131 Å². The molecule has 0 radical (unpaired) electrons. The van der Waals surface area contributed by atoms with Crippen molar-refractivity contribution in [1.29, 1.82) is 0 Å². The molecule has 6 nitrogen and oxygen atoms in total. The Balaban J connectivity index is 2.01. The van der Waals surface area contributed by atoms with Crippen molar-refractivity contribution in [2.24, 2.45) is 0 Å². The number of carbonyl (C=O) groups is 1. The first-order valence-corrected chi connectivity index (χ1v) is 7.80. The average molecular weight is 316 g/mol. The van der Waals surface area contributed by atoms with Gasteiger partial charge in [-0.3, -0.25) is 4.79 Å². The Morgan fingerprint density at radius 2 is 2.09 bits per heavy atom. The van der Waals surface area contributed by atoms with Crippen molar-refractivity contribution >= 4 is 27.9 Å². The minimum atomic E-state index is -0.128. The predicted molar refractivity (Wildman–Crippen MR) is 85.9 cm³/mol. The van der Waals surface area contributed by atoms with Crippen LogP contribution in [0.25, 0.3) is 16.2 Å². The van der Waals surface area contributed by atoms with E-state index >= 15 is 0 Å². The van der Waals surface area contributed by atoms with E-state index in [1.807, 2.05) is 31.2 Å². The van der Waals surface area contributed by atoms with Gasteiger partial charge in [0.1, 0.15) is 5.01 Å². The Bertz CT molecular complexity index is 820. The number of aromatic nitrogens is 3. The van der Waals surface area contributed by atoms with Gasteiger partial charge in [-0.1, -0.05) is 30.4 Å². The zero-order chi connectivity index (χ0) is 15.7. The van der Waals surface area contributed by atoms with Crippen LogP contribution in [0, 0.1) is 0 Å². The molecule has 0 unspecified atom stereocenters. The molecule has 0 atom stereocenters. The lowest BCUT2D eigenvalue weighted by atomic mass is 10.1. The number of amides is 1. The van der Waals surface area contributed by atoms with E-state index in [-0.39, 0.29) is 12.5 Å². The maximum Gasteiger partial charge on any atom is 0.221 e. The molecule has 3 aromatic rings. The quantitative estimate of drug-likeness (QED) is 0.775. The highest BCUT2D eigenvalue weighted by atomic mass is 32.1. The summed E-state index contributed by atoms with van der Waals surface area (Å²) >= 11 is 1.53. The number of rotatable bonds is 4. The SMILES string of the molecule is CCc1nn2c(CO)c(-c3ccc(NC(C)=O)cc3)nc2s1. The van der Waals surface area contributed by atoms with E-state index in [9.17, 15) is 9.90 Å². The number of fused-ring (bicyclic) bond motifs is 1. The van der Waals surface area contributed by atoms with Gasteiger partial charge in [-0.15, -0.1) is 0 Å². The van der Waals surface area contributed by atoms with Crippen molar-refractivity contribution in [3.63, 3.8) is 0 Å². The fraction of sp³-hybridized carbons (Fsp3) is 0.267. The first-order chi connectivity index (χ1) is 10.6. The first-order valence-electron chi connectivity index (χ1n) is 6.98. The molecule has 0 aliphatic heterocycles. The lowest BCUT2D eigenvalue weighted by Gasteiger charge is -2.04. The molecule has 0 saturated heterocycles. The number of anilines is 1. The highest BCUT2D eigenvalue weighted by Crippen LogP contribution is 2.28. The van der Waals surface area contributed by atoms with Crippen LogP contribution in [0.5, 0.6) is 0 Å².